The minimum absolute atomic E-state index is 0.00890. The van der Waals surface area contributed by atoms with Crippen molar-refractivity contribution >= 4 is 47.1 Å². The first-order valence-corrected chi connectivity index (χ1v) is 40.3. The molecule has 8 heterocycles. The molecule has 12 N–H and O–H groups in total. The third kappa shape index (κ3) is 28.5. The number of aliphatic hydroxyl groups is 4. The molecule has 44 heteroatoms. The van der Waals surface area contributed by atoms with E-state index in [2.05, 4.69) is 114 Å². The van der Waals surface area contributed by atoms with E-state index in [-0.39, 0.29) is 109 Å². The van der Waals surface area contributed by atoms with Gasteiger partial charge in [-0.2, -0.15) is 83.1 Å². The predicted molar refractivity (Wildman–Crippen MR) is 438 cm³/mol. The highest BCUT2D eigenvalue weighted by atomic mass is 19.4. The van der Waals surface area contributed by atoms with Crippen LogP contribution in [-0.4, -0.2) is 167 Å². The molecule has 4 saturated carbocycles. The van der Waals surface area contributed by atoms with Crippen molar-refractivity contribution in [2.24, 2.45) is 21.7 Å². The zero-order valence-electron chi connectivity index (χ0n) is 70.9. The topological polar surface area (TPSA) is 407 Å². The summed E-state index contributed by atoms with van der Waals surface area (Å²) in [5, 5.41) is 82.6. The second-order valence-electron chi connectivity index (χ2n) is 33.8. The van der Waals surface area contributed by atoms with E-state index in [4.69, 9.17) is 14.2 Å². The van der Waals surface area contributed by atoms with Crippen molar-refractivity contribution < 1.29 is 100 Å². The van der Waals surface area contributed by atoms with Crippen molar-refractivity contribution in [3.8, 4) is 29.8 Å². The number of hydrogen-bond donors (Lipinski definition) is 12. The lowest BCUT2D eigenvalue weighted by Gasteiger charge is -2.49. The summed E-state index contributed by atoms with van der Waals surface area (Å²) in [6.45, 7) is 16.5. The standard InChI is InChI=1S/C22H27F6N5O2.C22H27F3N6O2.C20H25FN6O.C19H22F5N5O2/c1-20(2)10-14(5-6-16(20)34)32-17-15(22(26,27)28)12-31-19(33-17)30-11-13-4-3-8-29-18(13)35-9-7-21(23,24)25;1-21(2)10-16(5-6-17(21)32)30-18-15(11-26)13-29-20(31-18)28-12-14-4-3-8-27-19(14)33-9-7-22(23,24)25;1-19(2)14(8-15(19)28)26-17-13(9-22)11-25-18(27-17)24-10-12-6-5-7-23-16(12)20(3,4)21;1-18(2)12(6-13(18)30)28-15-11(19(22,23)24)8-27-17(29-15)26-7-10-4-3-5-25-16(10)31-9-14(20)21/h3-4,8,12,14,16,34H,5-7,9-11H2,1-2H3,(H2,30,31,32,33);3-4,8,13,16-17,32H,5-7,9-10,12H2,1-2H3,(H2,28,29,30,31);5-7,11,14-15,28H,8,10H2,1-4H3,(H2,24,25,26,27);3-5,8,12-14,30H,6-7,9H2,1-2H3,(H2,26,27,28,29)/t14?,16-;16-,17+;14-,15+;12-,13+/m0111/s1. The molecule has 8 aromatic heterocycles. The smallest absolute Gasteiger partial charge is 0.421 e. The van der Waals surface area contributed by atoms with Crippen LogP contribution in [0.25, 0.3) is 0 Å². The van der Waals surface area contributed by atoms with E-state index in [0.29, 0.717) is 108 Å². The summed E-state index contributed by atoms with van der Waals surface area (Å²) in [4.78, 5) is 48.5. The van der Waals surface area contributed by atoms with Crippen LogP contribution < -0.4 is 56.7 Å². The average Bonchev–Trinajstić information content (AvgIpc) is 0.765. The molecule has 4 fully saturated rings. The van der Waals surface area contributed by atoms with Crippen molar-refractivity contribution in [1.82, 2.24) is 59.8 Å². The number of nitriles is 2. The SMILES string of the molecule is CC(C)(F)c1ncccc1CNc1ncc(C#N)c(N[C@@H]2C[C@H](O)C2(C)C)n1.CC1(C)CC(Nc2nc(NCc3cccnc3OCCC(F)(F)F)ncc2C(F)(F)F)CC[C@@H]1O.CC1(C)C[C@H](Nc2nc(NCc3cccnc3OCCC(F)(F)F)ncc2C#N)CC[C@@H]1O.CC1(C)[C@@H](O)C[C@H]1Nc1nc(NCc2cccnc2OCC(F)F)ncc1C(F)(F)F. The van der Waals surface area contributed by atoms with Gasteiger partial charge in [0.15, 0.2) is 6.61 Å². The second-order valence-corrected chi connectivity index (χ2v) is 33.8. The van der Waals surface area contributed by atoms with Crippen LogP contribution in [-0.2, 0) is 44.2 Å². The highest BCUT2D eigenvalue weighted by molar-refractivity contribution is 5.57. The molecular formula is C83H101F15N22O7. The number of nitrogens with zero attached hydrogens (tertiary/aromatic N) is 14. The van der Waals surface area contributed by atoms with Crippen molar-refractivity contribution in [1.29, 1.82) is 10.5 Å². The Morgan fingerprint density at radius 1 is 0.433 bits per heavy atom. The van der Waals surface area contributed by atoms with Crippen molar-refractivity contribution in [3.05, 3.63) is 148 Å². The number of aromatic nitrogens is 12. The molecule has 4 aliphatic rings. The molecule has 127 heavy (non-hydrogen) atoms. The van der Waals surface area contributed by atoms with Gasteiger partial charge in [-0.05, 0) is 106 Å². The van der Waals surface area contributed by atoms with E-state index in [1.165, 1.54) is 44.8 Å². The Balaban J connectivity index is 0.000000192. The van der Waals surface area contributed by atoms with Gasteiger partial charge in [0.2, 0.25) is 41.4 Å². The van der Waals surface area contributed by atoms with Gasteiger partial charge in [0.05, 0.1) is 68.6 Å². The van der Waals surface area contributed by atoms with Crippen LogP contribution in [0.4, 0.5) is 113 Å². The number of rotatable bonds is 30. The van der Waals surface area contributed by atoms with Crippen molar-refractivity contribution in [2.75, 3.05) is 62.4 Å². The van der Waals surface area contributed by atoms with Gasteiger partial charge in [0, 0.05) is 115 Å². The first-order valence-electron chi connectivity index (χ1n) is 40.3. The molecule has 0 bridgehead atoms. The summed E-state index contributed by atoms with van der Waals surface area (Å²) >= 11 is 0. The lowest BCUT2D eigenvalue weighted by molar-refractivity contribution is -0.140. The number of halogens is 15. The Hall–Kier alpha value is -11.5. The van der Waals surface area contributed by atoms with Crippen LogP contribution in [0.5, 0.6) is 17.6 Å². The number of alkyl halides is 15. The molecule has 4 aliphatic carbocycles. The second kappa shape index (κ2) is 41.9. The van der Waals surface area contributed by atoms with Gasteiger partial charge in [-0.3, -0.25) is 4.98 Å². The van der Waals surface area contributed by atoms with E-state index < -0.39 is 115 Å². The minimum atomic E-state index is -4.69. The third-order valence-corrected chi connectivity index (χ3v) is 22.0. The van der Waals surface area contributed by atoms with Crippen LogP contribution in [0.1, 0.15) is 184 Å². The summed E-state index contributed by atoms with van der Waals surface area (Å²) in [5.41, 5.74) is -2.22. The van der Waals surface area contributed by atoms with Gasteiger partial charge in [-0.15, -0.1) is 0 Å². The van der Waals surface area contributed by atoms with E-state index >= 15 is 0 Å². The monoisotopic (exact) mass is 1800 g/mol. The molecule has 0 radical (unpaired) electrons. The quantitative estimate of drug-likeness (QED) is 0.0186. The fourth-order valence-corrected chi connectivity index (χ4v) is 13.9. The zero-order valence-corrected chi connectivity index (χ0v) is 70.9. The molecule has 0 aliphatic heterocycles. The lowest BCUT2D eigenvalue weighted by Crippen LogP contribution is -2.57. The molecule has 0 spiro atoms. The van der Waals surface area contributed by atoms with Gasteiger partial charge in [0.1, 0.15) is 63.3 Å². The van der Waals surface area contributed by atoms with E-state index in [0.717, 1.165) is 12.8 Å². The first-order chi connectivity index (χ1) is 59.4. The van der Waals surface area contributed by atoms with Crippen LogP contribution in [0, 0.1) is 44.3 Å². The molecule has 29 nitrogen and oxygen atoms in total. The number of ether oxygens (including phenoxy) is 3. The summed E-state index contributed by atoms with van der Waals surface area (Å²) in [6.07, 6.45) is -10.6. The number of nitrogens with one attached hydrogen (secondary N) is 8. The molecule has 690 valence electrons. The summed E-state index contributed by atoms with van der Waals surface area (Å²) in [6, 6.07) is 16.6. The third-order valence-electron chi connectivity index (χ3n) is 22.0. The molecule has 8 aromatic rings. The van der Waals surface area contributed by atoms with Crippen LogP contribution in [0.15, 0.2) is 98.1 Å². The summed E-state index contributed by atoms with van der Waals surface area (Å²) in [7, 11) is 0. The van der Waals surface area contributed by atoms with Crippen molar-refractivity contribution in [3.63, 3.8) is 0 Å². The summed E-state index contributed by atoms with van der Waals surface area (Å²) < 4.78 is 210. The van der Waals surface area contributed by atoms with Gasteiger partial charge < -0.3 is 77.2 Å². The van der Waals surface area contributed by atoms with Crippen molar-refractivity contribution in [2.45, 2.75) is 245 Å². The lowest BCUT2D eigenvalue weighted by atomic mass is 9.64. The van der Waals surface area contributed by atoms with E-state index in [9.17, 15) is 96.8 Å². The maximum absolute atomic E-state index is 14.4. The highest BCUT2D eigenvalue weighted by Crippen LogP contribution is 2.46. The maximum Gasteiger partial charge on any atom is 0.421 e. The number of anilines is 8. The fourth-order valence-electron chi connectivity index (χ4n) is 13.9. The van der Waals surface area contributed by atoms with Crippen LogP contribution in [0.3, 0.4) is 0 Å². The zero-order chi connectivity index (χ0) is 93.3. The minimum Gasteiger partial charge on any atom is -0.477 e. The maximum atomic E-state index is 14.4. The Labute approximate surface area is 722 Å². The Bertz CT molecular complexity index is 5030. The number of aliphatic hydroxyl groups excluding tert-OH is 4. The van der Waals surface area contributed by atoms with Gasteiger partial charge in [-0.25, -0.2) is 48.1 Å². The Morgan fingerprint density at radius 3 is 1.11 bits per heavy atom. The number of hydrogen-bond acceptors (Lipinski definition) is 29. The van der Waals surface area contributed by atoms with Gasteiger partial charge in [-0.1, -0.05) is 79.7 Å². The molecule has 0 aromatic carbocycles. The summed E-state index contributed by atoms with van der Waals surface area (Å²) in [5.74, 6) is 0.421. The predicted octanol–water partition coefficient (Wildman–Crippen LogP) is 16.1. The van der Waals surface area contributed by atoms with Gasteiger partial charge >= 0.3 is 24.7 Å². The Morgan fingerprint density at radius 2 is 0.764 bits per heavy atom. The molecule has 0 saturated heterocycles. The van der Waals surface area contributed by atoms with E-state index in [1.807, 2.05) is 41.5 Å². The molecule has 1 unspecified atom stereocenters. The fraction of sp³-hybridized carbons (Fsp3) is 0.542. The molecule has 0 amide bonds. The highest BCUT2D eigenvalue weighted by Gasteiger charge is 2.50. The van der Waals surface area contributed by atoms with Gasteiger partial charge in [0.25, 0.3) is 6.43 Å². The number of pyridine rings is 4. The van der Waals surface area contributed by atoms with E-state index in [1.54, 1.807) is 68.6 Å². The molecule has 8 atom stereocenters. The largest absolute Gasteiger partial charge is 0.477 e. The van der Waals surface area contributed by atoms with Crippen LogP contribution >= 0.6 is 0 Å². The normalized spacial score (nSPS) is 20.3. The molecular weight excluding hydrogens is 1700 g/mol. The van der Waals surface area contributed by atoms with Crippen LogP contribution in [0.2, 0.25) is 0 Å². The average molecular weight is 1800 g/mol. The molecule has 12 rings (SSSR count). The first kappa shape index (κ1) is 99.3. The Kier molecular flexibility index (Phi) is 32.8.